The Kier molecular flexibility index (Phi) is 6.03. The van der Waals surface area contributed by atoms with Crippen molar-refractivity contribution in [1.82, 2.24) is 19.9 Å². The summed E-state index contributed by atoms with van der Waals surface area (Å²) in [4.78, 5) is 28.1. The van der Waals surface area contributed by atoms with Crippen molar-refractivity contribution in [3.8, 4) is 34.2 Å². The van der Waals surface area contributed by atoms with Crippen LogP contribution in [0.5, 0.6) is 11.5 Å². The largest absolute Gasteiger partial charge is 0.497 e. The highest BCUT2D eigenvalue weighted by Crippen LogP contribution is 2.34. The SMILES string of the molecule is COc1ccc(-c2nc(CSc3nc(-c4cccnc4)cc(=O)[nH]3)c(C)o2)c(OC)c1. The Balaban J connectivity index is 1.56. The van der Waals surface area contributed by atoms with Crippen molar-refractivity contribution in [3.63, 3.8) is 0 Å². The molecule has 0 aliphatic carbocycles. The molecule has 0 radical (unpaired) electrons. The molecule has 0 aliphatic rings. The highest BCUT2D eigenvalue weighted by atomic mass is 32.2. The number of benzene rings is 1. The zero-order valence-electron chi connectivity index (χ0n) is 17.2. The van der Waals surface area contributed by atoms with Gasteiger partial charge in [0.25, 0.3) is 5.56 Å². The van der Waals surface area contributed by atoms with Crippen LogP contribution in [-0.2, 0) is 5.75 Å². The van der Waals surface area contributed by atoms with E-state index in [1.807, 2.05) is 25.1 Å². The zero-order chi connectivity index (χ0) is 21.8. The molecule has 4 aromatic rings. The summed E-state index contributed by atoms with van der Waals surface area (Å²) in [5.74, 6) is 2.91. The van der Waals surface area contributed by atoms with Crippen LogP contribution in [0.15, 0.2) is 63.2 Å². The lowest BCUT2D eigenvalue weighted by atomic mass is 10.2. The van der Waals surface area contributed by atoms with Crippen LogP contribution < -0.4 is 15.0 Å². The molecule has 9 heteroatoms. The number of thioether (sulfide) groups is 1. The number of hydrogen-bond donors (Lipinski definition) is 1. The van der Waals surface area contributed by atoms with Crippen molar-refractivity contribution in [2.45, 2.75) is 17.8 Å². The molecule has 158 valence electrons. The van der Waals surface area contributed by atoms with Crippen LogP contribution in [-0.4, -0.2) is 34.2 Å². The van der Waals surface area contributed by atoms with Gasteiger partial charge in [0, 0.05) is 35.8 Å². The summed E-state index contributed by atoms with van der Waals surface area (Å²) in [6.45, 7) is 1.85. The molecular formula is C22H20N4O4S. The van der Waals surface area contributed by atoms with E-state index in [1.165, 1.54) is 17.8 Å². The molecule has 8 nitrogen and oxygen atoms in total. The van der Waals surface area contributed by atoms with E-state index in [9.17, 15) is 4.79 Å². The summed E-state index contributed by atoms with van der Waals surface area (Å²) >= 11 is 1.37. The minimum atomic E-state index is -0.225. The number of nitrogens with one attached hydrogen (secondary N) is 1. The first kappa shape index (κ1) is 20.7. The minimum absolute atomic E-state index is 0.225. The van der Waals surface area contributed by atoms with Gasteiger partial charge in [-0.1, -0.05) is 11.8 Å². The van der Waals surface area contributed by atoms with Gasteiger partial charge in [-0.25, -0.2) is 9.97 Å². The smallest absolute Gasteiger partial charge is 0.252 e. The Labute approximate surface area is 182 Å². The Hall–Kier alpha value is -3.59. The molecule has 0 amide bonds. The monoisotopic (exact) mass is 436 g/mol. The molecule has 3 heterocycles. The second kappa shape index (κ2) is 9.05. The van der Waals surface area contributed by atoms with Gasteiger partial charge in [-0.15, -0.1) is 0 Å². The summed E-state index contributed by atoms with van der Waals surface area (Å²) in [5, 5.41) is 0.498. The maximum atomic E-state index is 12.1. The molecule has 0 spiro atoms. The number of oxazole rings is 1. The fourth-order valence-corrected chi connectivity index (χ4v) is 3.83. The fourth-order valence-electron chi connectivity index (χ4n) is 2.95. The van der Waals surface area contributed by atoms with E-state index in [0.717, 1.165) is 16.8 Å². The number of pyridine rings is 1. The molecule has 4 rings (SSSR count). The molecular weight excluding hydrogens is 416 g/mol. The number of methoxy groups -OCH3 is 2. The number of nitrogens with zero attached hydrogens (tertiary/aromatic N) is 3. The van der Waals surface area contributed by atoms with Crippen LogP contribution in [0.4, 0.5) is 0 Å². The normalized spacial score (nSPS) is 10.8. The lowest BCUT2D eigenvalue weighted by Gasteiger charge is -2.07. The van der Waals surface area contributed by atoms with Gasteiger partial charge in [0.05, 0.1) is 31.2 Å². The van der Waals surface area contributed by atoms with E-state index >= 15 is 0 Å². The molecule has 31 heavy (non-hydrogen) atoms. The van der Waals surface area contributed by atoms with Gasteiger partial charge in [0.1, 0.15) is 17.3 Å². The maximum Gasteiger partial charge on any atom is 0.252 e. The predicted molar refractivity (Wildman–Crippen MR) is 117 cm³/mol. The van der Waals surface area contributed by atoms with E-state index in [4.69, 9.17) is 13.9 Å². The summed E-state index contributed by atoms with van der Waals surface area (Å²) in [6, 6.07) is 10.6. The van der Waals surface area contributed by atoms with Gasteiger partial charge >= 0.3 is 0 Å². The number of rotatable bonds is 7. The average Bonchev–Trinajstić information content (AvgIpc) is 3.17. The van der Waals surface area contributed by atoms with Crippen molar-refractivity contribution in [2.75, 3.05) is 14.2 Å². The second-order valence-electron chi connectivity index (χ2n) is 6.55. The predicted octanol–water partition coefficient (Wildman–Crippen LogP) is 4.10. The van der Waals surface area contributed by atoms with E-state index in [0.29, 0.717) is 39.8 Å². The quantitative estimate of drug-likeness (QED) is 0.341. The number of aromatic nitrogens is 4. The van der Waals surface area contributed by atoms with Gasteiger partial charge in [0.2, 0.25) is 5.89 Å². The molecule has 0 aliphatic heterocycles. The molecule has 0 atom stereocenters. The fraction of sp³-hybridized carbons (Fsp3) is 0.182. The lowest BCUT2D eigenvalue weighted by Crippen LogP contribution is -2.08. The third-order valence-electron chi connectivity index (χ3n) is 4.55. The number of aryl methyl sites for hydroxylation is 1. The van der Waals surface area contributed by atoms with E-state index in [2.05, 4.69) is 19.9 Å². The molecule has 0 saturated heterocycles. The van der Waals surface area contributed by atoms with Gasteiger partial charge in [-0.2, -0.15) is 0 Å². The van der Waals surface area contributed by atoms with Gasteiger partial charge in [0.15, 0.2) is 5.16 Å². The highest BCUT2D eigenvalue weighted by molar-refractivity contribution is 7.98. The third kappa shape index (κ3) is 4.61. The van der Waals surface area contributed by atoms with Crippen molar-refractivity contribution >= 4 is 11.8 Å². The number of hydrogen-bond acceptors (Lipinski definition) is 8. The Bertz CT molecular complexity index is 1250. The second-order valence-corrected chi connectivity index (χ2v) is 7.52. The average molecular weight is 436 g/mol. The van der Waals surface area contributed by atoms with Gasteiger partial charge in [-0.05, 0) is 31.2 Å². The standard InChI is InChI=1S/C22H20N4O4S/c1-13-18(24-21(30-13)16-7-6-15(28-2)9-19(16)29-3)12-31-22-25-17(10-20(27)26-22)14-5-4-8-23-11-14/h4-11H,12H2,1-3H3,(H,25,26,27). The molecule has 0 bridgehead atoms. The first-order valence-corrected chi connectivity index (χ1v) is 10.4. The van der Waals surface area contributed by atoms with Crippen molar-refractivity contribution in [2.24, 2.45) is 0 Å². The molecule has 1 aromatic carbocycles. The molecule has 0 saturated carbocycles. The van der Waals surface area contributed by atoms with Crippen molar-refractivity contribution in [1.29, 1.82) is 0 Å². The summed E-state index contributed by atoms with van der Waals surface area (Å²) in [6.07, 6.45) is 3.35. The van der Waals surface area contributed by atoms with E-state index < -0.39 is 0 Å². The first-order valence-electron chi connectivity index (χ1n) is 9.40. The van der Waals surface area contributed by atoms with Crippen LogP contribution in [0.3, 0.4) is 0 Å². The van der Waals surface area contributed by atoms with Crippen LogP contribution >= 0.6 is 11.8 Å². The van der Waals surface area contributed by atoms with Crippen LogP contribution in [0.25, 0.3) is 22.7 Å². The number of ether oxygens (including phenoxy) is 2. The molecule has 0 fully saturated rings. The van der Waals surface area contributed by atoms with Crippen molar-refractivity contribution < 1.29 is 13.9 Å². The minimum Gasteiger partial charge on any atom is -0.497 e. The molecule has 1 N–H and O–H groups in total. The molecule has 0 unspecified atom stereocenters. The van der Waals surface area contributed by atoms with E-state index in [-0.39, 0.29) is 5.56 Å². The van der Waals surface area contributed by atoms with Crippen LogP contribution in [0.1, 0.15) is 11.5 Å². The number of aromatic amines is 1. The maximum absolute atomic E-state index is 12.1. The zero-order valence-corrected chi connectivity index (χ0v) is 18.0. The topological polar surface area (TPSA) is 103 Å². The summed E-state index contributed by atoms with van der Waals surface area (Å²) < 4.78 is 16.6. The van der Waals surface area contributed by atoms with Crippen molar-refractivity contribution in [3.05, 3.63) is 70.6 Å². The van der Waals surface area contributed by atoms with Gasteiger partial charge < -0.3 is 18.9 Å². The summed E-state index contributed by atoms with van der Waals surface area (Å²) in [5.41, 5.74) is 2.61. The Morgan fingerprint density at radius 1 is 1.13 bits per heavy atom. The lowest BCUT2D eigenvalue weighted by molar-refractivity contribution is 0.394. The van der Waals surface area contributed by atoms with Crippen LogP contribution in [0.2, 0.25) is 0 Å². The van der Waals surface area contributed by atoms with E-state index in [1.54, 1.807) is 38.7 Å². The molecule has 3 aromatic heterocycles. The third-order valence-corrected chi connectivity index (χ3v) is 5.44. The van der Waals surface area contributed by atoms with Gasteiger partial charge in [-0.3, -0.25) is 9.78 Å². The summed E-state index contributed by atoms with van der Waals surface area (Å²) in [7, 11) is 3.18. The Morgan fingerprint density at radius 2 is 2.00 bits per heavy atom. The first-order chi connectivity index (χ1) is 15.1. The highest BCUT2D eigenvalue weighted by Gasteiger charge is 2.17. The number of H-pyrrole nitrogens is 1. The Morgan fingerprint density at radius 3 is 2.74 bits per heavy atom. The van der Waals surface area contributed by atoms with Crippen LogP contribution in [0, 0.1) is 6.92 Å².